The zero-order valence-electron chi connectivity index (χ0n) is 13.3. The van der Waals surface area contributed by atoms with Crippen molar-refractivity contribution in [2.45, 2.75) is 57.9 Å². The number of nitrogens with zero attached hydrogens (tertiary/aromatic N) is 2. The zero-order chi connectivity index (χ0) is 15.4. The maximum absolute atomic E-state index is 12.6. The van der Waals surface area contributed by atoms with Gasteiger partial charge < -0.3 is 14.9 Å². The molecule has 0 bridgehead atoms. The van der Waals surface area contributed by atoms with E-state index in [1.807, 2.05) is 23.8 Å². The van der Waals surface area contributed by atoms with Gasteiger partial charge in [-0.2, -0.15) is 0 Å². The Morgan fingerprint density at radius 1 is 1.19 bits per heavy atom. The molecule has 0 radical (unpaired) electrons. The van der Waals surface area contributed by atoms with E-state index in [1.54, 1.807) is 0 Å². The van der Waals surface area contributed by atoms with Crippen molar-refractivity contribution in [3.63, 3.8) is 0 Å². The lowest BCUT2D eigenvalue weighted by molar-refractivity contribution is -0.143. The van der Waals surface area contributed by atoms with Crippen LogP contribution in [0.1, 0.15) is 51.9 Å². The maximum Gasteiger partial charge on any atom is 0.319 e. The Morgan fingerprint density at radius 2 is 1.86 bits per heavy atom. The van der Waals surface area contributed by atoms with Crippen LogP contribution in [-0.2, 0) is 4.79 Å². The predicted octanol–water partition coefficient (Wildman–Crippen LogP) is 2.80. The Labute approximate surface area is 127 Å². The molecule has 0 aromatic carbocycles. The van der Waals surface area contributed by atoms with Crippen molar-refractivity contribution in [1.29, 1.82) is 0 Å². The summed E-state index contributed by atoms with van der Waals surface area (Å²) in [6.07, 6.45) is 7.50. The zero-order valence-corrected chi connectivity index (χ0v) is 13.3. The van der Waals surface area contributed by atoms with Gasteiger partial charge in [-0.15, -0.1) is 0 Å². The molecule has 2 amide bonds. The summed E-state index contributed by atoms with van der Waals surface area (Å²) < 4.78 is 0. The van der Waals surface area contributed by atoms with E-state index in [0.717, 1.165) is 6.54 Å². The van der Waals surface area contributed by atoms with E-state index in [1.165, 1.54) is 32.1 Å². The summed E-state index contributed by atoms with van der Waals surface area (Å²) in [7, 11) is 1.88. The van der Waals surface area contributed by atoms with Crippen molar-refractivity contribution in [3.05, 3.63) is 0 Å². The highest BCUT2D eigenvalue weighted by Crippen LogP contribution is 2.26. The number of carbonyl (C=O) groups is 2. The Hall–Kier alpha value is -1.26. The molecular weight excluding hydrogens is 268 g/mol. The van der Waals surface area contributed by atoms with Gasteiger partial charge in [-0.25, -0.2) is 4.79 Å². The molecule has 0 aromatic rings. The van der Waals surface area contributed by atoms with E-state index in [0.29, 0.717) is 25.3 Å². The third kappa shape index (κ3) is 4.11. The molecule has 2 unspecified atom stereocenters. The first-order valence-corrected chi connectivity index (χ1v) is 8.23. The molecule has 1 saturated carbocycles. The standard InChI is InChI=1S/C16H28N2O3/c1-12-10-14(15(19)20)8-9-18(12)16(21)17(2)11-13-6-4-3-5-7-13/h12-14H,3-11H2,1-2H3,(H,19,20). The molecule has 1 aliphatic carbocycles. The minimum atomic E-state index is -0.732. The number of piperidine rings is 1. The molecule has 0 aromatic heterocycles. The van der Waals surface area contributed by atoms with E-state index in [4.69, 9.17) is 5.11 Å². The van der Waals surface area contributed by atoms with Crippen molar-refractivity contribution < 1.29 is 14.7 Å². The number of aliphatic carboxylic acids is 1. The van der Waals surface area contributed by atoms with Crippen LogP contribution in [0.25, 0.3) is 0 Å². The van der Waals surface area contributed by atoms with Crippen LogP contribution in [0.3, 0.4) is 0 Å². The van der Waals surface area contributed by atoms with Gasteiger partial charge in [-0.1, -0.05) is 19.3 Å². The number of carbonyl (C=O) groups excluding carboxylic acids is 1. The van der Waals surface area contributed by atoms with Crippen molar-refractivity contribution in [2.24, 2.45) is 11.8 Å². The highest BCUT2D eigenvalue weighted by atomic mass is 16.4. The molecule has 1 heterocycles. The minimum absolute atomic E-state index is 0.0150. The van der Waals surface area contributed by atoms with Crippen molar-refractivity contribution in [3.8, 4) is 0 Å². The van der Waals surface area contributed by atoms with Crippen LogP contribution >= 0.6 is 0 Å². The van der Waals surface area contributed by atoms with Crippen LogP contribution in [-0.4, -0.2) is 53.1 Å². The van der Waals surface area contributed by atoms with E-state index in [9.17, 15) is 9.59 Å². The normalized spacial score (nSPS) is 27.4. The van der Waals surface area contributed by atoms with Gasteiger partial charge >= 0.3 is 12.0 Å². The number of carboxylic acid groups (broad SMARTS) is 1. The average Bonchev–Trinajstić information content (AvgIpc) is 2.47. The molecule has 2 aliphatic rings. The number of carboxylic acids is 1. The minimum Gasteiger partial charge on any atom is -0.481 e. The smallest absolute Gasteiger partial charge is 0.319 e. The Balaban J connectivity index is 1.85. The van der Waals surface area contributed by atoms with Gasteiger partial charge in [0.25, 0.3) is 0 Å². The molecule has 0 spiro atoms. The SMILES string of the molecule is CC1CC(C(=O)O)CCN1C(=O)N(C)CC1CCCCC1. The van der Waals surface area contributed by atoms with Gasteiger partial charge in [-0.3, -0.25) is 4.79 Å². The summed E-state index contributed by atoms with van der Waals surface area (Å²) in [5.41, 5.74) is 0. The van der Waals surface area contributed by atoms with Gasteiger partial charge in [0.05, 0.1) is 5.92 Å². The molecular formula is C16H28N2O3. The molecule has 2 fully saturated rings. The monoisotopic (exact) mass is 296 g/mol. The van der Waals surface area contributed by atoms with Crippen molar-refractivity contribution in [1.82, 2.24) is 9.80 Å². The van der Waals surface area contributed by atoms with Crippen molar-refractivity contribution in [2.75, 3.05) is 20.1 Å². The second kappa shape index (κ2) is 7.14. The third-order valence-electron chi connectivity index (χ3n) is 5.05. The van der Waals surface area contributed by atoms with Gasteiger partial charge in [0.2, 0.25) is 0 Å². The first-order valence-electron chi connectivity index (χ1n) is 8.23. The van der Waals surface area contributed by atoms with E-state index in [-0.39, 0.29) is 18.0 Å². The lowest BCUT2D eigenvalue weighted by Crippen LogP contribution is -2.51. The first kappa shape index (κ1) is 16.1. The van der Waals surface area contributed by atoms with Crippen LogP contribution in [0.2, 0.25) is 0 Å². The van der Waals surface area contributed by atoms with Crippen molar-refractivity contribution >= 4 is 12.0 Å². The third-order valence-corrected chi connectivity index (χ3v) is 5.05. The molecule has 1 saturated heterocycles. The van der Waals surface area contributed by atoms with Gasteiger partial charge in [0.1, 0.15) is 0 Å². The fourth-order valence-corrected chi connectivity index (χ4v) is 3.74. The van der Waals surface area contributed by atoms with Gasteiger partial charge in [0, 0.05) is 26.2 Å². The molecule has 2 atom stereocenters. The molecule has 5 nitrogen and oxygen atoms in total. The summed E-state index contributed by atoms with van der Waals surface area (Å²) in [6, 6.07) is 0.0815. The number of hydrogen-bond donors (Lipinski definition) is 1. The lowest BCUT2D eigenvalue weighted by atomic mass is 9.89. The summed E-state index contributed by atoms with van der Waals surface area (Å²) in [4.78, 5) is 27.3. The summed E-state index contributed by atoms with van der Waals surface area (Å²) in [5.74, 6) is -0.392. The van der Waals surface area contributed by atoms with E-state index >= 15 is 0 Å². The van der Waals surface area contributed by atoms with E-state index < -0.39 is 5.97 Å². The molecule has 120 valence electrons. The fourth-order valence-electron chi connectivity index (χ4n) is 3.74. The second-order valence-corrected chi connectivity index (χ2v) is 6.77. The molecule has 1 N–H and O–H groups in total. The number of hydrogen-bond acceptors (Lipinski definition) is 2. The predicted molar refractivity (Wildman–Crippen MR) is 81.1 cm³/mol. The number of rotatable bonds is 3. The van der Waals surface area contributed by atoms with Crippen LogP contribution < -0.4 is 0 Å². The van der Waals surface area contributed by atoms with Crippen LogP contribution in [0, 0.1) is 11.8 Å². The van der Waals surface area contributed by atoms with Crippen LogP contribution in [0.15, 0.2) is 0 Å². The largest absolute Gasteiger partial charge is 0.481 e. The summed E-state index contributed by atoms with van der Waals surface area (Å²) in [5, 5.41) is 9.09. The first-order chi connectivity index (χ1) is 9.99. The Bertz CT molecular complexity index is 380. The van der Waals surface area contributed by atoms with Crippen LogP contribution in [0.5, 0.6) is 0 Å². The highest BCUT2D eigenvalue weighted by Gasteiger charge is 2.33. The topological polar surface area (TPSA) is 60.9 Å². The lowest BCUT2D eigenvalue weighted by Gasteiger charge is -2.39. The van der Waals surface area contributed by atoms with Gasteiger partial charge in [-0.05, 0) is 38.5 Å². The summed E-state index contributed by atoms with van der Waals surface area (Å²) >= 11 is 0. The molecule has 2 rings (SSSR count). The molecule has 21 heavy (non-hydrogen) atoms. The Morgan fingerprint density at radius 3 is 2.43 bits per heavy atom. The van der Waals surface area contributed by atoms with E-state index in [2.05, 4.69) is 0 Å². The number of amides is 2. The Kier molecular flexibility index (Phi) is 5.48. The number of urea groups is 1. The maximum atomic E-state index is 12.6. The van der Waals surface area contributed by atoms with Gasteiger partial charge in [0.15, 0.2) is 0 Å². The second-order valence-electron chi connectivity index (χ2n) is 6.77. The fraction of sp³-hybridized carbons (Fsp3) is 0.875. The van der Waals surface area contributed by atoms with Crippen LogP contribution in [0.4, 0.5) is 4.79 Å². The average molecular weight is 296 g/mol. The quantitative estimate of drug-likeness (QED) is 0.871. The number of likely N-dealkylation sites (tertiary alicyclic amines) is 1. The molecule has 5 heteroatoms. The highest BCUT2D eigenvalue weighted by molar-refractivity contribution is 5.75. The molecule has 1 aliphatic heterocycles. The summed E-state index contributed by atoms with van der Waals surface area (Å²) in [6.45, 7) is 3.36.